The molecule has 0 aromatic heterocycles. The van der Waals surface area contributed by atoms with E-state index in [9.17, 15) is 9.59 Å². The van der Waals surface area contributed by atoms with Crippen molar-refractivity contribution in [3.63, 3.8) is 0 Å². The number of morpholine rings is 1. The lowest BCUT2D eigenvalue weighted by Gasteiger charge is -2.45. The quantitative estimate of drug-likeness (QED) is 0.802. The van der Waals surface area contributed by atoms with Gasteiger partial charge in [0.2, 0.25) is 5.91 Å². The molecule has 2 heterocycles. The Balaban J connectivity index is 1.86. The van der Waals surface area contributed by atoms with Crippen molar-refractivity contribution >= 4 is 11.9 Å². The van der Waals surface area contributed by atoms with Crippen LogP contribution in [-0.2, 0) is 19.9 Å². The minimum Gasteiger partial charge on any atom is -0.461 e. The first-order chi connectivity index (χ1) is 11.2. The van der Waals surface area contributed by atoms with Crippen molar-refractivity contribution < 1.29 is 14.3 Å². The molecule has 116 valence electrons. The van der Waals surface area contributed by atoms with Crippen molar-refractivity contribution in [3.8, 4) is 0 Å². The normalized spacial score (nSPS) is 26.8. The highest BCUT2D eigenvalue weighted by molar-refractivity contribution is 5.94. The van der Waals surface area contributed by atoms with Crippen LogP contribution in [0.1, 0.15) is 30.0 Å². The maximum absolute atomic E-state index is 12.7. The van der Waals surface area contributed by atoms with E-state index < -0.39 is 5.54 Å². The standard InChI is InChI=1S/C19H17NO3/c21-17-11-12-19(15-9-5-2-6-10-15)18(22)23-13-16(20(17)19)14-7-3-1-4-8-14/h1-10,16H,11-13H2/t16-,19-/m1/s1. The van der Waals surface area contributed by atoms with E-state index in [0.29, 0.717) is 12.8 Å². The van der Waals surface area contributed by atoms with Crippen LogP contribution in [0.4, 0.5) is 0 Å². The summed E-state index contributed by atoms with van der Waals surface area (Å²) in [5.41, 5.74) is 0.837. The summed E-state index contributed by atoms with van der Waals surface area (Å²) in [5, 5.41) is 0. The number of esters is 1. The fourth-order valence-electron chi connectivity index (χ4n) is 3.77. The fraction of sp³-hybridized carbons (Fsp3) is 0.263. The molecule has 2 fully saturated rings. The molecule has 1 amide bonds. The number of benzene rings is 2. The number of cyclic esters (lactones) is 1. The van der Waals surface area contributed by atoms with Crippen molar-refractivity contribution in [2.75, 3.05) is 6.61 Å². The monoisotopic (exact) mass is 307 g/mol. The summed E-state index contributed by atoms with van der Waals surface area (Å²) in [6, 6.07) is 19.0. The molecule has 0 spiro atoms. The predicted molar refractivity (Wildman–Crippen MR) is 84.3 cm³/mol. The lowest BCUT2D eigenvalue weighted by molar-refractivity contribution is -0.178. The van der Waals surface area contributed by atoms with Crippen molar-refractivity contribution in [1.29, 1.82) is 0 Å². The van der Waals surface area contributed by atoms with Crippen LogP contribution in [0.5, 0.6) is 0 Å². The van der Waals surface area contributed by atoms with Gasteiger partial charge in [-0.3, -0.25) is 4.79 Å². The molecule has 0 aliphatic carbocycles. The van der Waals surface area contributed by atoms with E-state index in [0.717, 1.165) is 11.1 Å². The van der Waals surface area contributed by atoms with Gasteiger partial charge in [0.25, 0.3) is 0 Å². The second-order valence-electron chi connectivity index (χ2n) is 6.01. The van der Waals surface area contributed by atoms with Crippen molar-refractivity contribution in [3.05, 3.63) is 71.8 Å². The first kappa shape index (κ1) is 14.0. The predicted octanol–water partition coefficient (Wildman–Crippen LogP) is 2.80. The minimum atomic E-state index is -0.989. The van der Waals surface area contributed by atoms with Gasteiger partial charge in [0.1, 0.15) is 6.61 Å². The molecule has 2 aromatic carbocycles. The molecule has 2 atom stereocenters. The van der Waals surface area contributed by atoms with Crippen LogP contribution in [0.2, 0.25) is 0 Å². The van der Waals surface area contributed by atoms with Gasteiger partial charge in [-0.25, -0.2) is 4.79 Å². The van der Waals surface area contributed by atoms with Gasteiger partial charge in [-0.05, 0) is 17.5 Å². The summed E-state index contributed by atoms with van der Waals surface area (Å²) in [7, 11) is 0. The van der Waals surface area contributed by atoms with Crippen molar-refractivity contribution in [1.82, 2.24) is 4.90 Å². The van der Waals surface area contributed by atoms with Crippen LogP contribution in [0.3, 0.4) is 0 Å². The Morgan fingerprint density at radius 3 is 2.30 bits per heavy atom. The molecule has 0 radical (unpaired) electrons. The van der Waals surface area contributed by atoms with E-state index in [1.165, 1.54) is 0 Å². The van der Waals surface area contributed by atoms with Gasteiger partial charge in [0, 0.05) is 6.42 Å². The summed E-state index contributed by atoms with van der Waals surface area (Å²) in [5.74, 6) is -0.305. The van der Waals surface area contributed by atoms with E-state index in [2.05, 4.69) is 0 Å². The summed E-state index contributed by atoms with van der Waals surface area (Å²) in [6.07, 6.45) is 0.839. The van der Waals surface area contributed by atoms with Crippen LogP contribution in [0, 0.1) is 0 Å². The van der Waals surface area contributed by atoms with E-state index in [1.807, 2.05) is 60.7 Å². The minimum absolute atomic E-state index is 0.0133. The smallest absolute Gasteiger partial charge is 0.336 e. The molecule has 0 saturated carbocycles. The number of hydrogen-bond acceptors (Lipinski definition) is 3. The Labute approximate surface area is 134 Å². The Bertz CT molecular complexity index is 744. The molecular formula is C19H17NO3. The Morgan fingerprint density at radius 2 is 1.61 bits per heavy atom. The highest BCUT2D eigenvalue weighted by atomic mass is 16.5. The van der Waals surface area contributed by atoms with Gasteiger partial charge in [0.05, 0.1) is 6.04 Å². The number of fused-ring (bicyclic) bond motifs is 1. The first-order valence-corrected chi connectivity index (χ1v) is 7.83. The average molecular weight is 307 g/mol. The average Bonchev–Trinajstić information content (AvgIpc) is 2.97. The first-order valence-electron chi connectivity index (χ1n) is 7.83. The third kappa shape index (κ3) is 1.98. The number of ether oxygens (including phenoxy) is 1. The maximum Gasteiger partial charge on any atom is 0.336 e. The number of carbonyl (C=O) groups is 2. The molecule has 4 heteroatoms. The van der Waals surface area contributed by atoms with Crippen LogP contribution in [0.25, 0.3) is 0 Å². The number of rotatable bonds is 2. The molecule has 0 N–H and O–H groups in total. The van der Waals surface area contributed by atoms with Crippen LogP contribution >= 0.6 is 0 Å². The molecular weight excluding hydrogens is 290 g/mol. The van der Waals surface area contributed by atoms with E-state index in [-0.39, 0.29) is 24.5 Å². The molecule has 0 unspecified atom stereocenters. The van der Waals surface area contributed by atoms with E-state index in [4.69, 9.17) is 4.74 Å². The lowest BCUT2D eigenvalue weighted by Crippen LogP contribution is -2.56. The van der Waals surface area contributed by atoms with Gasteiger partial charge in [-0.2, -0.15) is 0 Å². The lowest BCUT2D eigenvalue weighted by atomic mass is 9.84. The molecule has 0 bridgehead atoms. The van der Waals surface area contributed by atoms with E-state index in [1.54, 1.807) is 4.90 Å². The number of nitrogens with zero attached hydrogens (tertiary/aromatic N) is 1. The fourth-order valence-corrected chi connectivity index (χ4v) is 3.77. The number of amides is 1. The van der Waals surface area contributed by atoms with Gasteiger partial charge in [-0.15, -0.1) is 0 Å². The molecule has 2 aromatic rings. The van der Waals surface area contributed by atoms with Gasteiger partial charge < -0.3 is 9.64 Å². The summed E-state index contributed by atoms with van der Waals surface area (Å²) in [6.45, 7) is 0.211. The third-order valence-corrected chi connectivity index (χ3v) is 4.84. The highest BCUT2D eigenvalue weighted by Crippen LogP contribution is 2.48. The van der Waals surface area contributed by atoms with Gasteiger partial charge in [-0.1, -0.05) is 60.7 Å². The van der Waals surface area contributed by atoms with Crippen molar-refractivity contribution in [2.45, 2.75) is 24.4 Å². The Morgan fingerprint density at radius 1 is 0.957 bits per heavy atom. The van der Waals surface area contributed by atoms with Gasteiger partial charge in [0.15, 0.2) is 5.54 Å². The van der Waals surface area contributed by atoms with Crippen LogP contribution < -0.4 is 0 Å². The molecule has 2 aliphatic heterocycles. The topological polar surface area (TPSA) is 46.6 Å². The molecule has 4 rings (SSSR count). The highest BCUT2D eigenvalue weighted by Gasteiger charge is 2.58. The maximum atomic E-state index is 12.7. The zero-order valence-electron chi connectivity index (χ0n) is 12.6. The second-order valence-corrected chi connectivity index (χ2v) is 6.01. The summed E-state index contributed by atoms with van der Waals surface area (Å²) in [4.78, 5) is 27.1. The molecule has 2 saturated heterocycles. The summed E-state index contributed by atoms with van der Waals surface area (Å²) < 4.78 is 5.53. The van der Waals surface area contributed by atoms with E-state index >= 15 is 0 Å². The SMILES string of the molecule is O=C1CC[C@@]2(c3ccccc3)C(=O)OC[C@H](c3ccccc3)N12. The third-order valence-electron chi connectivity index (χ3n) is 4.84. The molecule has 4 nitrogen and oxygen atoms in total. The second kappa shape index (κ2) is 5.23. The van der Waals surface area contributed by atoms with Crippen LogP contribution in [0.15, 0.2) is 60.7 Å². The largest absolute Gasteiger partial charge is 0.461 e. The zero-order chi connectivity index (χ0) is 15.9. The summed E-state index contributed by atoms with van der Waals surface area (Å²) >= 11 is 0. The van der Waals surface area contributed by atoms with Crippen LogP contribution in [-0.4, -0.2) is 23.4 Å². The Hall–Kier alpha value is -2.62. The number of hydrogen-bond donors (Lipinski definition) is 0. The van der Waals surface area contributed by atoms with Crippen molar-refractivity contribution in [2.24, 2.45) is 0 Å². The Kier molecular flexibility index (Phi) is 3.18. The number of carbonyl (C=O) groups excluding carboxylic acids is 2. The zero-order valence-corrected chi connectivity index (χ0v) is 12.6. The van der Waals surface area contributed by atoms with Gasteiger partial charge >= 0.3 is 5.97 Å². The molecule has 23 heavy (non-hydrogen) atoms. The molecule has 2 aliphatic rings.